The number of hydrogen-bond acceptors (Lipinski definition) is 4. The maximum atomic E-state index is 8.74. The van der Waals surface area contributed by atoms with Gasteiger partial charge in [-0.25, -0.2) is 0 Å². The van der Waals surface area contributed by atoms with E-state index in [0.717, 1.165) is 12.8 Å². The predicted octanol–water partition coefficient (Wildman–Crippen LogP) is 8.15. The van der Waals surface area contributed by atoms with E-state index in [1.54, 1.807) is 0 Å². The van der Waals surface area contributed by atoms with Gasteiger partial charge in [-0.15, -0.1) is 0 Å². The van der Waals surface area contributed by atoms with Crippen molar-refractivity contribution < 1.29 is 10.2 Å². The molecule has 0 saturated carbocycles. The van der Waals surface area contributed by atoms with Gasteiger partial charge >= 0.3 is 0 Å². The molecule has 0 aromatic rings. The highest BCUT2D eigenvalue weighted by Gasteiger charge is 1.96. The zero-order valence-corrected chi connectivity index (χ0v) is 20.3. The molecule has 0 spiro atoms. The monoisotopic (exact) mass is 434 g/mol. The zero-order chi connectivity index (χ0) is 20.4. The summed E-state index contributed by atoms with van der Waals surface area (Å²) in [5.41, 5.74) is 0. The molecule has 170 valence electrons. The normalized spacial score (nSPS) is 11.4. The summed E-state index contributed by atoms with van der Waals surface area (Å²) in [7, 11) is 4.19. The average molecular weight is 435 g/mol. The molecule has 0 fully saturated rings. The van der Waals surface area contributed by atoms with Gasteiger partial charge < -0.3 is 10.2 Å². The van der Waals surface area contributed by atoms with Gasteiger partial charge in [-0.3, -0.25) is 0 Å². The molecule has 2 N–H and O–H groups in total. The second-order valence-electron chi connectivity index (χ2n) is 8.16. The van der Waals surface area contributed by atoms with Crippen LogP contribution in [0.5, 0.6) is 0 Å². The molecule has 0 aromatic heterocycles. The van der Waals surface area contributed by atoms with Crippen molar-refractivity contribution in [2.75, 3.05) is 24.7 Å². The van der Waals surface area contributed by atoms with E-state index in [2.05, 4.69) is 21.6 Å². The minimum Gasteiger partial charge on any atom is -0.396 e. The van der Waals surface area contributed by atoms with Crippen LogP contribution in [0.2, 0.25) is 0 Å². The third-order valence-electron chi connectivity index (χ3n) is 5.35. The summed E-state index contributed by atoms with van der Waals surface area (Å²) in [5.74, 6) is 2.67. The van der Waals surface area contributed by atoms with Crippen LogP contribution in [-0.4, -0.2) is 34.9 Å². The van der Waals surface area contributed by atoms with E-state index < -0.39 is 0 Å². The molecular formula is C24H50O2S2. The largest absolute Gasteiger partial charge is 0.396 e. The van der Waals surface area contributed by atoms with Gasteiger partial charge in [0.15, 0.2) is 0 Å². The molecule has 0 amide bonds. The van der Waals surface area contributed by atoms with Gasteiger partial charge in [0.25, 0.3) is 0 Å². The second kappa shape index (κ2) is 27.6. The Balaban J connectivity index is 2.96. The lowest BCUT2D eigenvalue weighted by Gasteiger charge is -2.04. The van der Waals surface area contributed by atoms with Crippen LogP contribution in [-0.2, 0) is 0 Å². The van der Waals surface area contributed by atoms with E-state index in [9.17, 15) is 0 Å². The highest BCUT2D eigenvalue weighted by atomic mass is 33.1. The third kappa shape index (κ3) is 26.6. The maximum Gasteiger partial charge on any atom is 0.0431 e. The lowest BCUT2D eigenvalue weighted by molar-refractivity contribution is 0.282. The van der Waals surface area contributed by atoms with Gasteiger partial charge in [0, 0.05) is 24.7 Å². The Morgan fingerprint density at radius 1 is 0.286 bits per heavy atom. The van der Waals surface area contributed by atoms with E-state index in [0.29, 0.717) is 13.2 Å². The van der Waals surface area contributed by atoms with Crippen molar-refractivity contribution in [3.63, 3.8) is 0 Å². The Kier molecular flexibility index (Phi) is 28.2. The van der Waals surface area contributed by atoms with E-state index in [4.69, 9.17) is 10.2 Å². The highest BCUT2D eigenvalue weighted by Crippen LogP contribution is 2.25. The van der Waals surface area contributed by atoms with E-state index in [1.165, 1.54) is 127 Å². The molecule has 0 heterocycles. The van der Waals surface area contributed by atoms with Gasteiger partial charge in [-0.05, 0) is 25.7 Å². The first kappa shape index (κ1) is 28.6. The van der Waals surface area contributed by atoms with Gasteiger partial charge in [-0.2, -0.15) is 0 Å². The van der Waals surface area contributed by atoms with Crippen LogP contribution in [0.4, 0.5) is 0 Å². The fourth-order valence-corrected chi connectivity index (χ4v) is 5.79. The van der Waals surface area contributed by atoms with Crippen molar-refractivity contribution in [3.8, 4) is 0 Å². The molecule has 0 aliphatic carbocycles. The summed E-state index contributed by atoms with van der Waals surface area (Å²) < 4.78 is 0. The summed E-state index contributed by atoms with van der Waals surface area (Å²) in [6.45, 7) is 0.730. The average Bonchev–Trinajstić information content (AvgIpc) is 2.71. The van der Waals surface area contributed by atoms with Crippen LogP contribution in [0, 0.1) is 0 Å². The van der Waals surface area contributed by atoms with Crippen molar-refractivity contribution in [2.24, 2.45) is 0 Å². The van der Waals surface area contributed by atoms with Crippen LogP contribution in [0.25, 0.3) is 0 Å². The Bertz CT molecular complexity index is 239. The third-order valence-corrected chi connectivity index (χ3v) is 7.93. The quantitative estimate of drug-likeness (QED) is 0.112. The van der Waals surface area contributed by atoms with Crippen molar-refractivity contribution >= 4 is 21.6 Å². The first-order chi connectivity index (χ1) is 13.9. The van der Waals surface area contributed by atoms with Crippen molar-refractivity contribution in [1.29, 1.82) is 0 Å². The number of unbranched alkanes of at least 4 members (excludes halogenated alkanes) is 18. The molecule has 0 saturated heterocycles. The molecule has 4 heteroatoms. The van der Waals surface area contributed by atoms with Gasteiger partial charge in [0.1, 0.15) is 0 Å². The van der Waals surface area contributed by atoms with Crippen LogP contribution < -0.4 is 0 Å². The molecule has 0 unspecified atom stereocenters. The van der Waals surface area contributed by atoms with E-state index in [-0.39, 0.29) is 0 Å². The van der Waals surface area contributed by atoms with Crippen LogP contribution in [0.3, 0.4) is 0 Å². The first-order valence-electron chi connectivity index (χ1n) is 12.4. The SMILES string of the molecule is OCCCCCCCCCCCCSSCCCCCCCCCCCCO. The van der Waals surface area contributed by atoms with E-state index >= 15 is 0 Å². The summed E-state index contributed by atoms with van der Waals surface area (Å²) in [6.07, 6.45) is 26.6. The highest BCUT2D eigenvalue weighted by molar-refractivity contribution is 8.76. The smallest absolute Gasteiger partial charge is 0.0431 e. The predicted molar refractivity (Wildman–Crippen MR) is 131 cm³/mol. The van der Waals surface area contributed by atoms with Gasteiger partial charge in [0.05, 0.1) is 0 Å². The molecule has 0 bridgehead atoms. The molecule has 0 rings (SSSR count). The lowest BCUT2D eigenvalue weighted by Crippen LogP contribution is -1.85. The molecule has 0 atom stereocenters. The van der Waals surface area contributed by atoms with Gasteiger partial charge in [-0.1, -0.05) is 124 Å². The van der Waals surface area contributed by atoms with Gasteiger partial charge in [0.2, 0.25) is 0 Å². The molecule has 2 nitrogen and oxygen atoms in total. The summed E-state index contributed by atoms with van der Waals surface area (Å²) >= 11 is 0. The molecular weight excluding hydrogens is 384 g/mol. The van der Waals surface area contributed by atoms with Crippen LogP contribution >= 0.6 is 21.6 Å². The zero-order valence-electron chi connectivity index (χ0n) is 18.7. The molecule has 28 heavy (non-hydrogen) atoms. The molecule has 0 aliphatic rings. The van der Waals surface area contributed by atoms with Crippen LogP contribution in [0.15, 0.2) is 0 Å². The minimum absolute atomic E-state index is 0.365. The fourth-order valence-electron chi connectivity index (χ4n) is 3.49. The van der Waals surface area contributed by atoms with Crippen LogP contribution in [0.1, 0.15) is 128 Å². The second-order valence-corrected chi connectivity index (χ2v) is 10.9. The molecule has 0 radical (unpaired) electrons. The number of hydrogen-bond donors (Lipinski definition) is 2. The Labute approximate surface area is 184 Å². The Morgan fingerprint density at radius 3 is 0.750 bits per heavy atom. The number of aliphatic hydroxyl groups excluding tert-OH is 2. The maximum absolute atomic E-state index is 8.74. The molecule has 0 aliphatic heterocycles. The van der Waals surface area contributed by atoms with Crippen molar-refractivity contribution in [1.82, 2.24) is 0 Å². The Morgan fingerprint density at radius 2 is 0.500 bits per heavy atom. The minimum atomic E-state index is 0.365. The first-order valence-corrected chi connectivity index (χ1v) is 14.9. The fraction of sp³-hybridized carbons (Fsp3) is 1.00. The number of rotatable bonds is 25. The Hall–Kier alpha value is 0.620. The van der Waals surface area contributed by atoms with E-state index in [1.807, 2.05) is 0 Å². The summed E-state index contributed by atoms with van der Waals surface area (Å²) in [6, 6.07) is 0. The standard InChI is InChI=1S/C24H50O2S2/c25-21-17-13-9-5-1-3-7-11-15-19-23-27-28-24-20-16-12-8-4-2-6-10-14-18-22-26/h25-26H,1-24H2. The number of aliphatic hydroxyl groups is 2. The van der Waals surface area contributed by atoms with Crippen molar-refractivity contribution in [2.45, 2.75) is 128 Å². The summed E-state index contributed by atoms with van der Waals surface area (Å²) in [5, 5.41) is 17.5. The van der Waals surface area contributed by atoms with Crippen molar-refractivity contribution in [3.05, 3.63) is 0 Å². The lowest BCUT2D eigenvalue weighted by atomic mass is 10.1. The molecule has 0 aromatic carbocycles. The topological polar surface area (TPSA) is 40.5 Å². The summed E-state index contributed by atoms with van der Waals surface area (Å²) in [4.78, 5) is 0.